The van der Waals surface area contributed by atoms with Gasteiger partial charge in [-0.1, -0.05) is 13.8 Å². The average molecular weight is 700 g/mol. The van der Waals surface area contributed by atoms with Crippen LogP contribution in [0.15, 0.2) is 18.2 Å². The van der Waals surface area contributed by atoms with Gasteiger partial charge in [0.25, 0.3) is 0 Å². The zero-order valence-corrected chi connectivity index (χ0v) is 31.1. The van der Waals surface area contributed by atoms with Crippen LogP contribution >= 0.6 is 0 Å². The molecule has 2 aliphatic heterocycles. The molecule has 12 heteroatoms. The van der Waals surface area contributed by atoms with E-state index in [0.29, 0.717) is 70.1 Å². The Hall–Kier alpha value is -4.81. The van der Waals surface area contributed by atoms with Gasteiger partial charge in [-0.25, -0.2) is 9.78 Å². The summed E-state index contributed by atoms with van der Waals surface area (Å²) in [6.07, 6.45) is 1.19. The molecule has 1 amide bonds. The predicted molar refractivity (Wildman–Crippen MR) is 196 cm³/mol. The molecule has 0 spiro atoms. The van der Waals surface area contributed by atoms with Gasteiger partial charge in [0.05, 0.1) is 62.0 Å². The number of fused-ring (bicyclic) bond motifs is 8. The number of rotatable bonds is 11. The molecule has 2 aliphatic rings. The van der Waals surface area contributed by atoms with Crippen molar-refractivity contribution in [2.45, 2.75) is 72.1 Å². The van der Waals surface area contributed by atoms with Gasteiger partial charge in [0, 0.05) is 72.3 Å². The van der Waals surface area contributed by atoms with E-state index >= 15 is 0 Å². The number of carbonyl (C=O) groups excluding carboxylic acids is 3. The zero-order valence-electron chi connectivity index (χ0n) is 31.1. The lowest BCUT2D eigenvalue weighted by atomic mass is 9.84. The lowest BCUT2D eigenvalue weighted by Crippen LogP contribution is -2.31. The van der Waals surface area contributed by atoms with Gasteiger partial charge in [0.2, 0.25) is 5.91 Å². The number of aryl methyl sites for hydroxylation is 3. The van der Waals surface area contributed by atoms with Gasteiger partial charge in [0.1, 0.15) is 0 Å². The first-order chi connectivity index (χ1) is 24.4. The molecule has 8 bridgehead atoms. The summed E-state index contributed by atoms with van der Waals surface area (Å²) in [5, 5.41) is 10.5. The smallest absolute Gasteiger partial charge is 0.340 e. The number of hydrogen-bond acceptors (Lipinski definition) is 9. The fourth-order valence-electron chi connectivity index (χ4n) is 7.18. The fraction of sp³-hybridized carbons (Fsp3) is 0.462. The van der Waals surface area contributed by atoms with Crippen LogP contribution in [0.5, 0.6) is 0 Å². The van der Waals surface area contributed by atoms with E-state index < -0.39 is 5.97 Å². The highest BCUT2D eigenvalue weighted by Gasteiger charge is 2.34. The lowest BCUT2D eigenvalue weighted by Gasteiger charge is -2.20. The van der Waals surface area contributed by atoms with Crippen LogP contribution in [0.4, 0.5) is 0 Å². The Labute approximate surface area is 298 Å². The van der Waals surface area contributed by atoms with E-state index in [1.165, 1.54) is 14.2 Å². The second kappa shape index (κ2) is 15.6. The number of H-pyrrole nitrogens is 2. The monoisotopic (exact) mass is 699 g/mol. The molecule has 0 saturated carbocycles. The largest absolute Gasteiger partial charge is 0.469 e. The maximum Gasteiger partial charge on any atom is 0.340 e. The number of carbonyl (C=O) groups is 3. The van der Waals surface area contributed by atoms with Crippen LogP contribution in [0.2, 0.25) is 0 Å². The standard InChI is InChI=1S/C39H49N5O7/c1-10-24-20(2)29-17-33-27(19-45)22(4)28(41-33)16-30-21(3)25(11-12-35(47)50-8)37(42-30)26(15-34(46)44(6)13-14-49-7)38-36(39(48)51-9)23(5)31(43-38)18-32(24)40-29/h16-18,21,25,40,43,45H,10-15,19H2,1-9H3/t21-,25-/m0/s1. The van der Waals surface area contributed by atoms with Crippen molar-refractivity contribution in [2.24, 2.45) is 0 Å². The van der Waals surface area contributed by atoms with E-state index in [4.69, 9.17) is 24.2 Å². The van der Waals surface area contributed by atoms with Crippen molar-refractivity contribution >= 4 is 51.1 Å². The molecule has 0 aromatic carbocycles. The van der Waals surface area contributed by atoms with Crippen molar-refractivity contribution in [2.75, 3.05) is 48.1 Å². The fourth-order valence-corrected chi connectivity index (χ4v) is 7.18. The van der Waals surface area contributed by atoms with Gasteiger partial charge in [-0.05, 0) is 74.1 Å². The third kappa shape index (κ3) is 7.20. The molecular weight excluding hydrogens is 650 g/mol. The molecule has 2 atom stereocenters. The van der Waals surface area contributed by atoms with Gasteiger partial charge in [0.15, 0.2) is 0 Å². The maximum atomic E-state index is 13.9. The Kier molecular flexibility index (Phi) is 11.5. The molecule has 5 rings (SSSR count). The van der Waals surface area contributed by atoms with Crippen LogP contribution < -0.4 is 0 Å². The van der Waals surface area contributed by atoms with Gasteiger partial charge in [-0.3, -0.25) is 14.6 Å². The number of esters is 2. The van der Waals surface area contributed by atoms with Crippen LogP contribution in [0.1, 0.15) is 101 Å². The molecule has 12 nitrogen and oxygen atoms in total. The molecule has 0 saturated heterocycles. The van der Waals surface area contributed by atoms with Crippen LogP contribution in [0.25, 0.3) is 33.2 Å². The Bertz CT molecular complexity index is 2060. The minimum atomic E-state index is -0.546. The number of hydrogen-bond donors (Lipinski definition) is 3. The van der Waals surface area contributed by atoms with Crippen LogP contribution in [-0.2, 0) is 36.6 Å². The summed E-state index contributed by atoms with van der Waals surface area (Å²) in [7, 11) is 5.99. The van der Waals surface area contributed by atoms with Crippen molar-refractivity contribution in [1.29, 1.82) is 0 Å². The highest BCUT2D eigenvalue weighted by Crippen LogP contribution is 2.43. The SMILES string of the molecule is CCc1c(C)c2cc3nc(cc4nc(c(CC(=O)N(C)CCOC)c5[nH]c(cc1[nH]2)c(C)c5C(=O)OC)[C@@H](CCC(=O)OC)[C@@H]4C)C(C)=C3CO. The topological polar surface area (TPSA) is 160 Å². The van der Waals surface area contributed by atoms with Gasteiger partial charge >= 0.3 is 11.9 Å². The summed E-state index contributed by atoms with van der Waals surface area (Å²) < 4.78 is 15.6. The van der Waals surface area contributed by atoms with Crippen molar-refractivity contribution in [3.05, 3.63) is 68.8 Å². The van der Waals surface area contributed by atoms with E-state index in [9.17, 15) is 19.5 Å². The minimum Gasteiger partial charge on any atom is -0.469 e. The Morgan fingerprint density at radius 2 is 1.65 bits per heavy atom. The van der Waals surface area contributed by atoms with Crippen LogP contribution in [-0.4, -0.2) is 95.9 Å². The Morgan fingerprint density at radius 1 is 0.922 bits per heavy atom. The Morgan fingerprint density at radius 3 is 2.29 bits per heavy atom. The molecule has 5 heterocycles. The van der Waals surface area contributed by atoms with Gasteiger partial charge < -0.3 is 34.2 Å². The number of likely N-dealkylation sites (N-methyl/N-ethyl adjacent to an activating group) is 1. The first-order valence-corrected chi connectivity index (χ1v) is 17.3. The number of aromatic amines is 2. The maximum absolute atomic E-state index is 13.9. The van der Waals surface area contributed by atoms with Gasteiger partial charge in [-0.2, -0.15) is 0 Å². The van der Waals surface area contributed by atoms with E-state index in [1.807, 2.05) is 39.0 Å². The first-order valence-electron chi connectivity index (χ1n) is 17.3. The van der Waals surface area contributed by atoms with E-state index in [0.717, 1.165) is 39.7 Å². The first kappa shape index (κ1) is 37.4. The molecule has 3 N–H and O–H groups in total. The predicted octanol–water partition coefficient (Wildman–Crippen LogP) is 5.69. The number of nitrogens with zero attached hydrogens (tertiary/aromatic N) is 3. The summed E-state index contributed by atoms with van der Waals surface area (Å²) in [5.41, 5.74) is 10.7. The summed E-state index contributed by atoms with van der Waals surface area (Å²) in [4.78, 5) is 58.9. The number of methoxy groups -OCH3 is 3. The molecule has 51 heavy (non-hydrogen) atoms. The van der Waals surface area contributed by atoms with E-state index in [-0.39, 0.29) is 43.2 Å². The number of nitrogens with one attached hydrogen (secondary N) is 2. The average Bonchev–Trinajstić information content (AvgIpc) is 3.80. The quantitative estimate of drug-likeness (QED) is 0.214. The van der Waals surface area contributed by atoms with Crippen LogP contribution in [0, 0.1) is 13.8 Å². The second-order valence-corrected chi connectivity index (χ2v) is 13.3. The van der Waals surface area contributed by atoms with Crippen molar-refractivity contribution in [1.82, 2.24) is 24.8 Å². The van der Waals surface area contributed by atoms with E-state index in [1.54, 1.807) is 19.1 Å². The number of aromatic nitrogens is 4. The molecule has 3 aromatic rings. The third-order valence-corrected chi connectivity index (χ3v) is 10.4. The minimum absolute atomic E-state index is 0.0788. The summed E-state index contributed by atoms with van der Waals surface area (Å²) in [5.74, 6) is -1.59. The van der Waals surface area contributed by atoms with Gasteiger partial charge in [-0.15, -0.1) is 0 Å². The molecule has 0 unspecified atom stereocenters. The number of aliphatic hydroxyl groups excluding tert-OH is 1. The Balaban J connectivity index is 1.99. The van der Waals surface area contributed by atoms with Crippen LogP contribution in [0.3, 0.4) is 0 Å². The second-order valence-electron chi connectivity index (χ2n) is 13.3. The van der Waals surface area contributed by atoms with E-state index in [2.05, 4.69) is 23.8 Å². The number of aliphatic hydroxyl groups is 1. The van der Waals surface area contributed by atoms with Crippen molar-refractivity contribution < 1.29 is 33.7 Å². The number of allylic oxidation sites excluding steroid dienone is 1. The lowest BCUT2D eigenvalue weighted by molar-refractivity contribution is -0.140. The normalized spacial score (nSPS) is 15.6. The summed E-state index contributed by atoms with van der Waals surface area (Å²) in [6, 6.07) is 5.87. The zero-order chi connectivity index (χ0) is 37.1. The number of amides is 1. The van der Waals surface area contributed by atoms with Crippen molar-refractivity contribution in [3.63, 3.8) is 0 Å². The summed E-state index contributed by atoms with van der Waals surface area (Å²) in [6.45, 7) is 10.5. The van der Waals surface area contributed by atoms with Crippen molar-refractivity contribution in [3.8, 4) is 0 Å². The highest BCUT2D eigenvalue weighted by atomic mass is 16.5. The molecular formula is C39H49N5O7. The molecule has 0 aliphatic carbocycles. The number of ether oxygens (including phenoxy) is 3. The molecule has 0 fully saturated rings. The highest BCUT2D eigenvalue weighted by molar-refractivity contribution is 6.03. The molecule has 0 radical (unpaired) electrons. The summed E-state index contributed by atoms with van der Waals surface area (Å²) >= 11 is 0. The molecule has 272 valence electrons. The molecule has 3 aromatic heterocycles. The third-order valence-electron chi connectivity index (χ3n) is 10.4.